The molecule has 1 heterocycles. The molecule has 0 saturated carbocycles. The summed E-state index contributed by atoms with van der Waals surface area (Å²) in [4.78, 5) is 27.0. The summed E-state index contributed by atoms with van der Waals surface area (Å²) in [6.45, 7) is 0.315. The molecule has 2 unspecified atom stereocenters. The molecule has 3 N–H and O–H groups in total. The van der Waals surface area contributed by atoms with Gasteiger partial charge in [-0.2, -0.15) is 0 Å². The van der Waals surface area contributed by atoms with Crippen molar-refractivity contribution >= 4 is 12.4 Å². The second-order valence-electron chi connectivity index (χ2n) is 7.66. The Morgan fingerprint density at radius 3 is 2.31 bits per heavy atom. The van der Waals surface area contributed by atoms with Crippen molar-refractivity contribution in [2.24, 2.45) is 0 Å². The molecule has 0 radical (unpaired) electrons. The molecule has 0 bridgehead atoms. The fourth-order valence-corrected chi connectivity index (χ4v) is 4.03. The molecule has 3 aromatic rings. The first-order valence-electron chi connectivity index (χ1n) is 10.5. The van der Waals surface area contributed by atoms with E-state index >= 15 is 0 Å². The maximum atomic E-state index is 12.2. The van der Waals surface area contributed by atoms with Crippen LogP contribution >= 0.6 is 0 Å². The second kappa shape index (κ2) is 9.72. The molecule has 2 aromatic carbocycles. The first kappa shape index (κ1) is 21.7. The van der Waals surface area contributed by atoms with Crippen LogP contribution in [0.3, 0.4) is 0 Å². The molecule has 0 aliphatic heterocycles. The Morgan fingerprint density at radius 2 is 1.66 bits per heavy atom. The van der Waals surface area contributed by atoms with Gasteiger partial charge in [0.05, 0.1) is 11.8 Å². The normalized spacial score (nSPS) is 14.2. The largest absolute Gasteiger partial charge is 0.449 e. The Morgan fingerprint density at radius 1 is 1.00 bits per heavy atom. The van der Waals surface area contributed by atoms with Gasteiger partial charge in [0.15, 0.2) is 6.29 Å². The van der Waals surface area contributed by atoms with Crippen LogP contribution in [0.15, 0.2) is 66.7 Å². The molecular weight excluding hydrogens is 408 g/mol. The van der Waals surface area contributed by atoms with E-state index in [4.69, 9.17) is 4.74 Å². The summed E-state index contributed by atoms with van der Waals surface area (Å²) in [6, 6.07) is 20.8. The number of aldehydes is 1. The Hall–Kier alpha value is -3.55. The van der Waals surface area contributed by atoms with Gasteiger partial charge in [-0.15, -0.1) is 0 Å². The number of hydrogen-bond donors (Lipinski definition) is 3. The van der Waals surface area contributed by atoms with Crippen molar-refractivity contribution in [3.05, 3.63) is 89.2 Å². The second-order valence-corrected chi connectivity index (χ2v) is 7.66. The first-order chi connectivity index (χ1) is 15.6. The first-order valence-corrected chi connectivity index (χ1v) is 10.5. The average molecular weight is 432 g/mol. The predicted octanol–water partition coefficient (Wildman–Crippen LogP) is 3.22. The third-order valence-electron chi connectivity index (χ3n) is 5.63. The minimum atomic E-state index is -1.26. The van der Waals surface area contributed by atoms with E-state index in [2.05, 4.69) is 22.4 Å². The number of carbonyl (C=O) groups is 2. The Bertz CT molecular complexity index is 1070. The van der Waals surface area contributed by atoms with E-state index < -0.39 is 18.3 Å². The van der Waals surface area contributed by atoms with Gasteiger partial charge < -0.3 is 20.3 Å². The van der Waals surface area contributed by atoms with Crippen molar-refractivity contribution in [1.82, 2.24) is 10.3 Å². The summed E-state index contributed by atoms with van der Waals surface area (Å²) < 4.78 is 5.45. The standard InChI is InChI=1S/C25H24N2O5/c28-14-16-6-5-11-22(27-16)24(30)23(29)12-13-26-25(31)32-15-21-19-9-3-1-7-17(19)18-8-2-4-10-20(18)21/h1-11,14,21,23-24,29-30H,12-13,15H2,(H,26,31). The highest BCUT2D eigenvalue weighted by molar-refractivity contribution is 5.79. The fourth-order valence-electron chi connectivity index (χ4n) is 4.03. The van der Waals surface area contributed by atoms with Crippen LogP contribution in [0.25, 0.3) is 11.1 Å². The molecule has 0 spiro atoms. The fraction of sp³-hybridized carbons (Fsp3) is 0.240. The molecular formula is C25H24N2O5. The third kappa shape index (κ3) is 4.54. The molecule has 7 nitrogen and oxygen atoms in total. The number of aromatic nitrogens is 1. The molecule has 0 fully saturated rings. The van der Waals surface area contributed by atoms with Crippen molar-refractivity contribution < 1.29 is 24.5 Å². The number of rotatable bonds is 8. The van der Waals surface area contributed by atoms with Crippen LogP contribution in [-0.2, 0) is 4.74 Å². The molecule has 4 rings (SSSR count). The summed E-state index contributed by atoms with van der Waals surface area (Å²) in [5.41, 5.74) is 4.94. The number of nitrogens with one attached hydrogen (secondary N) is 1. The zero-order valence-electron chi connectivity index (χ0n) is 17.3. The zero-order chi connectivity index (χ0) is 22.5. The molecule has 164 valence electrons. The summed E-state index contributed by atoms with van der Waals surface area (Å²) in [6.07, 6.45) is -2.34. The number of fused-ring (bicyclic) bond motifs is 3. The Labute approximate surface area is 185 Å². The molecule has 7 heteroatoms. The molecule has 1 aliphatic carbocycles. The summed E-state index contributed by atoms with van der Waals surface area (Å²) >= 11 is 0. The van der Waals surface area contributed by atoms with Gasteiger partial charge in [0.25, 0.3) is 0 Å². The number of amides is 1. The molecule has 32 heavy (non-hydrogen) atoms. The van der Waals surface area contributed by atoms with Gasteiger partial charge >= 0.3 is 6.09 Å². The lowest BCUT2D eigenvalue weighted by Gasteiger charge is -2.18. The maximum Gasteiger partial charge on any atom is 0.407 e. The number of alkyl carbamates (subject to hydrolysis) is 1. The monoisotopic (exact) mass is 432 g/mol. The van der Waals surface area contributed by atoms with Crippen molar-refractivity contribution in [3.63, 3.8) is 0 Å². The molecule has 2 atom stereocenters. The van der Waals surface area contributed by atoms with E-state index in [0.717, 1.165) is 22.3 Å². The smallest absolute Gasteiger partial charge is 0.407 e. The third-order valence-corrected chi connectivity index (χ3v) is 5.63. The van der Waals surface area contributed by atoms with Gasteiger partial charge in [-0.25, -0.2) is 9.78 Å². The predicted molar refractivity (Wildman–Crippen MR) is 118 cm³/mol. The van der Waals surface area contributed by atoms with Crippen LogP contribution in [-0.4, -0.2) is 46.8 Å². The van der Waals surface area contributed by atoms with Crippen molar-refractivity contribution in [1.29, 1.82) is 0 Å². The number of benzene rings is 2. The topological polar surface area (TPSA) is 109 Å². The average Bonchev–Trinajstić information content (AvgIpc) is 3.16. The van der Waals surface area contributed by atoms with Gasteiger partial charge in [0.2, 0.25) is 0 Å². The Balaban J connectivity index is 1.28. The van der Waals surface area contributed by atoms with Crippen molar-refractivity contribution in [2.45, 2.75) is 24.5 Å². The van der Waals surface area contributed by atoms with E-state index in [1.54, 1.807) is 6.07 Å². The van der Waals surface area contributed by atoms with Crippen molar-refractivity contribution in [3.8, 4) is 11.1 Å². The van der Waals surface area contributed by atoms with E-state index in [0.29, 0.717) is 6.29 Å². The number of hydrogen-bond acceptors (Lipinski definition) is 6. The maximum absolute atomic E-state index is 12.2. The van der Waals surface area contributed by atoms with Crippen LogP contribution < -0.4 is 5.32 Å². The quantitative estimate of drug-likeness (QED) is 0.472. The van der Waals surface area contributed by atoms with E-state index in [9.17, 15) is 19.8 Å². The number of nitrogens with zero attached hydrogens (tertiary/aromatic N) is 1. The van der Waals surface area contributed by atoms with Gasteiger partial charge in [-0.3, -0.25) is 4.79 Å². The van der Waals surface area contributed by atoms with Crippen LogP contribution in [0.4, 0.5) is 4.79 Å². The summed E-state index contributed by atoms with van der Waals surface area (Å²) in [5.74, 6) is -0.0308. The lowest BCUT2D eigenvalue weighted by molar-refractivity contribution is 0.0111. The van der Waals surface area contributed by atoms with Crippen LogP contribution in [0, 0.1) is 0 Å². The van der Waals surface area contributed by atoms with Crippen LogP contribution in [0.1, 0.15) is 45.8 Å². The van der Waals surface area contributed by atoms with E-state index in [1.807, 2.05) is 36.4 Å². The highest BCUT2D eigenvalue weighted by Gasteiger charge is 2.29. The van der Waals surface area contributed by atoms with Gasteiger partial charge in [0.1, 0.15) is 18.4 Å². The number of ether oxygens (including phenoxy) is 1. The SMILES string of the molecule is O=Cc1cccc(C(O)C(O)CCNC(=O)OCC2c3ccccc3-c3ccccc32)n1. The van der Waals surface area contributed by atoms with Crippen molar-refractivity contribution in [2.75, 3.05) is 13.2 Å². The number of aliphatic hydroxyl groups is 2. The zero-order valence-corrected chi connectivity index (χ0v) is 17.3. The van der Waals surface area contributed by atoms with E-state index in [1.165, 1.54) is 12.1 Å². The Kier molecular flexibility index (Phi) is 6.58. The molecule has 1 aromatic heterocycles. The van der Waals surface area contributed by atoms with Crippen LogP contribution in [0.2, 0.25) is 0 Å². The van der Waals surface area contributed by atoms with Gasteiger partial charge in [-0.1, -0.05) is 54.6 Å². The molecule has 1 aliphatic rings. The lowest BCUT2D eigenvalue weighted by atomic mass is 9.98. The minimum Gasteiger partial charge on any atom is -0.449 e. The van der Waals surface area contributed by atoms with Crippen LogP contribution in [0.5, 0.6) is 0 Å². The highest BCUT2D eigenvalue weighted by atomic mass is 16.5. The number of carbonyl (C=O) groups excluding carboxylic acids is 2. The number of aliphatic hydroxyl groups excluding tert-OH is 2. The number of pyridine rings is 1. The summed E-state index contributed by atoms with van der Waals surface area (Å²) in [5, 5.41) is 23.0. The molecule has 1 amide bonds. The van der Waals surface area contributed by atoms with Gasteiger partial charge in [-0.05, 0) is 40.8 Å². The molecule has 0 saturated heterocycles. The minimum absolute atomic E-state index is 0.0308. The summed E-state index contributed by atoms with van der Waals surface area (Å²) in [7, 11) is 0. The highest BCUT2D eigenvalue weighted by Crippen LogP contribution is 2.44. The van der Waals surface area contributed by atoms with E-state index in [-0.39, 0.29) is 36.9 Å². The lowest BCUT2D eigenvalue weighted by Crippen LogP contribution is -2.31. The van der Waals surface area contributed by atoms with Gasteiger partial charge in [0, 0.05) is 12.5 Å².